The standard InChI is InChI=1S/C19H26N4O3S3/c1-3-22(15-8-10-29(25,26)12-15)18(24)13(2)28-19-21-20-17(23(19)14-6-7-14)11-16-5-4-9-27-16/h4-5,9,13-15H,3,6-8,10-12H2,1-2H3/t13-,15-/m1/s1. The highest BCUT2D eigenvalue weighted by Gasteiger charge is 2.36. The van der Waals surface area contributed by atoms with Crippen molar-refractivity contribution in [2.24, 2.45) is 0 Å². The molecule has 0 aromatic carbocycles. The second-order valence-corrected chi connectivity index (χ2v) is 12.3. The Balaban J connectivity index is 1.48. The fourth-order valence-corrected chi connectivity index (χ4v) is 7.27. The average molecular weight is 455 g/mol. The Bertz CT molecular complexity index is 967. The molecule has 7 nitrogen and oxygen atoms in total. The van der Waals surface area contributed by atoms with Crippen LogP contribution >= 0.6 is 23.1 Å². The summed E-state index contributed by atoms with van der Waals surface area (Å²) in [5.74, 6) is 1.18. The normalized spacial score (nSPS) is 21.9. The van der Waals surface area contributed by atoms with Gasteiger partial charge in [0.05, 0.1) is 16.8 Å². The molecule has 0 bridgehead atoms. The first-order valence-electron chi connectivity index (χ1n) is 10.0. The summed E-state index contributed by atoms with van der Waals surface area (Å²) >= 11 is 3.14. The average Bonchev–Trinajstić information content (AvgIpc) is 3.06. The molecule has 1 saturated heterocycles. The highest BCUT2D eigenvalue weighted by molar-refractivity contribution is 8.00. The maximum absolute atomic E-state index is 13.1. The molecule has 2 atom stereocenters. The van der Waals surface area contributed by atoms with Crippen molar-refractivity contribution >= 4 is 38.8 Å². The number of nitrogens with zero attached hydrogens (tertiary/aromatic N) is 4. The van der Waals surface area contributed by atoms with Crippen LogP contribution in [0.25, 0.3) is 0 Å². The summed E-state index contributed by atoms with van der Waals surface area (Å²) in [6.07, 6.45) is 3.52. The van der Waals surface area contributed by atoms with Crippen molar-refractivity contribution in [3.63, 3.8) is 0 Å². The number of carbonyl (C=O) groups is 1. The van der Waals surface area contributed by atoms with Crippen LogP contribution in [-0.2, 0) is 21.1 Å². The largest absolute Gasteiger partial charge is 0.338 e. The number of hydrogen-bond acceptors (Lipinski definition) is 7. The summed E-state index contributed by atoms with van der Waals surface area (Å²) < 4.78 is 25.9. The highest BCUT2D eigenvalue weighted by atomic mass is 32.2. The first-order valence-corrected chi connectivity index (χ1v) is 13.6. The second kappa shape index (κ2) is 8.39. The summed E-state index contributed by atoms with van der Waals surface area (Å²) in [6, 6.07) is 4.35. The predicted molar refractivity (Wildman–Crippen MR) is 115 cm³/mol. The molecule has 29 heavy (non-hydrogen) atoms. The van der Waals surface area contributed by atoms with E-state index >= 15 is 0 Å². The van der Waals surface area contributed by atoms with Gasteiger partial charge in [0, 0.05) is 29.9 Å². The number of thioether (sulfide) groups is 1. The van der Waals surface area contributed by atoms with Crippen molar-refractivity contribution in [1.29, 1.82) is 0 Å². The third kappa shape index (κ3) is 4.69. The van der Waals surface area contributed by atoms with Gasteiger partial charge in [0.2, 0.25) is 5.91 Å². The molecule has 2 aromatic heterocycles. The lowest BCUT2D eigenvalue weighted by molar-refractivity contribution is -0.131. The van der Waals surface area contributed by atoms with Crippen LogP contribution in [0, 0.1) is 0 Å². The maximum atomic E-state index is 13.1. The molecule has 158 valence electrons. The van der Waals surface area contributed by atoms with E-state index in [2.05, 4.69) is 26.2 Å². The first-order chi connectivity index (χ1) is 13.9. The molecule has 0 unspecified atom stereocenters. The Morgan fingerprint density at radius 1 is 1.38 bits per heavy atom. The van der Waals surface area contributed by atoms with Crippen LogP contribution in [0.1, 0.15) is 49.9 Å². The number of aromatic nitrogens is 3. The molecule has 1 aliphatic heterocycles. The van der Waals surface area contributed by atoms with E-state index in [9.17, 15) is 13.2 Å². The SMILES string of the molecule is CCN(C(=O)[C@@H](C)Sc1nnc(Cc2cccs2)n1C1CC1)[C@@H]1CCS(=O)(=O)C1. The molecule has 1 amide bonds. The third-order valence-corrected chi connectivity index (χ3v) is 9.13. The molecular formula is C19H26N4O3S3. The van der Waals surface area contributed by atoms with Crippen LogP contribution in [0.2, 0.25) is 0 Å². The van der Waals surface area contributed by atoms with E-state index in [4.69, 9.17) is 0 Å². The number of amides is 1. The Hall–Kier alpha value is -1.39. The number of thiophene rings is 1. The first kappa shape index (κ1) is 20.9. The van der Waals surface area contributed by atoms with E-state index in [1.54, 1.807) is 16.2 Å². The third-order valence-electron chi connectivity index (χ3n) is 5.46. The van der Waals surface area contributed by atoms with Gasteiger partial charge in [-0.05, 0) is 44.6 Å². The number of sulfone groups is 1. The minimum absolute atomic E-state index is 0.0234. The molecule has 0 radical (unpaired) electrons. The molecule has 2 aliphatic rings. The lowest BCUT2D eigenvalue weighted by Crippen LogP contribution is -2.44. The molecule has 2 aromatic rings. The van der Waals surface area contributed by atoms with E-state index in [0.717, 1.165) is 30.2 Å². The molecule has 1 saturated carbocycles. The molecule has 1 aliphatic carbocycles. The quantitative estimate of drug-likeness (QED) is 0.570. The minimum atomic E-state index is -3.03. The summed E-state index contributed by atoms with van der Waals surface area (Å²) in [5, 5.41) is 11.3. The van der Waals surface area contributed by atoms with Gasteiger partial charge < -0.3 is 9.47 Å². The number of rotatable bonds is 8. The fraction of sp³-hybridized carbons (Fsp3) is 0.632. The molecule has 3 heterocycles. The topological polar surface area (TPSA) is 85.2 Å². The zero-order valence-electron chi connectivity index (χ0n) is 16.7. The lowest BCUT2D eigenvalue weighted by Gasteiger charge is -2.29. The van der Waals surface area contributed by atoms with Gasteiger partial charge in [-0.3, -0.25) is 4.79 Å². The van der Waals surface area contributed by atoms with Crippen molar-refractivity contribution in [2.75, 3.05) is 18.1 Å². The van der Waals surface area contributed by atoms with Gasteiger partial charge in [0.1, 0.15) is 5.82 Å². The van der Waals surface area contributed by atoms with E-state index in [1.165, 1.54) is 16.6 Å². The van der Waals surface area contributed by atoms with Crippen molar-refractivity contribution in [1.82, 2.24) is 19.7 Å². The van der Waals surface area contributed by atoms with Crippen LogP contribution < -0.4 is 0 Å². The summed E-state index contributed by atoms with van der Waals surface area (Å²) in [6.45, 7) is 4.30. The van der Waals surface area contributed by atoms with Crippen molar-refractivity contribution < 1.29 is 13.2 Å². The molecule has 2 fully saturated rings. The fourth-order valence-electron chi connectivity index (χ4n) is 3.83. The molecule has 0 spiro atoms. The number of carbonyl (C=O) groups excluding carboxylic acids is 1. The summed E-state index contributed by atoms with van der Waals surface area (Å²) in [7, 11) is -3.03. The Kier molecular flexibility index (Phi) is 6.04. The maximum Gasteiger partial charge on any atom is 0.236 e. The molecule has 10 heteroatoms. The van der Waals surface area contributed by atoms with Gasteiger partial charge in [-0.1, -0.05) is 17.8 Å². The Labute approximate surface area is 179 Å². The van der Waals surface area contributed by atoms with Crippen molar-refractivity contribution in [3.05, 3.63) is 28.2 Å². The second-order valence-electron chi connectivity index (χ2n) is 7.70. The number of hydrogen-bond donors (Lipinski definition) is 0. The highest BCUT2D eigenvalue weighted by Crippen LogP contribution is 2.40. The molecule has 4 rings (SSSR count). The van der Waals surface area contributed by atoms with Gasteiger partial charge in [-0.2, -0.15) is 0 Å². The van der Waals surface area contributed by atoms with Crippen LogP contribution in [0.15, 0.2) is 22.7 Å². The van der Waals surface area contributed by atoms with E-state index < -0.39 is 9.84 Å². The van der Waals surface area contributed by atoms with Crippen molar-refractivity contribution in [3.8, 4) is 0 Å². The van der Waals surface area contributed by atoms with E-state index in [1.807, 2.05) is 19.9 Å². The zero-order chi connectivity index (χ0) is 20.6. The summed E-state index contributed by atoms with van der Waals surface area (Å²) in [4.78, 5) is 16.1. The monoisotopic (exact) mass is 454 g/mol. The molecule has 0 N–H and O–H groups in total. The van der Waals surface area contributed by atoms with Crippen LogP contribution in [0.5, 0.6) is 0 Å². The van der Waals surface area contributed by atoms with Gasteiger partial charge in [0.25, 0.3) is 0 Å². The van der Waals surface area contributed by atoms with Gasteiger partial charge in [-0.25, -0.2) is 8.42 Å². The van der Waals surface area contributed by atoms with Crippen LogP contribution in [0.3, 0.4) is 0 Å². The zero-order valence-corrected chi connectivity index (χ0v) is 19.1. The van der Waals surface area contributed by atoms with Crippen LogP contribution in [0.4, 0.5) is 0 Å². The summed E-state index contributed by atoms with van der Waals surface area (Å²) in [5.41, 5.74) is 0. The lowest BCUT2D eigenvalue weighted by atomic mass is 10.2. The van der Waals surface area contributed by atoms with Gasteiger partial charge in [0.15, 0.2) is 15.0 Å². The van der Waals surface area contributed by atoms with Gasteiger partial charge in [-0.15, -0.1) is 21.5 Å². The molecular weight excluding hydrogens is 428 g/mol. The Morgan fingerprint density at radius 2 is 2.17 bits per heavy atom. The van der Waals surface area contributed by atoms with Gasteiger partial charge >= 0.3 is 0 Å². The smallest absolute Gasteiger partial charge is 0.236 e. The predicted octanol–water partition coefficient (Wildman–Crippen LogP) is 2.78. The van der Waals surface area contributed by atoms with E-state index in [0.29, 0.717) is 19.0 Å². The Morgan fingerprint density at radius 3 is 2.76 bits per heavy atom. The van der Waals surface area contributed by atoms with Crippen molar-refractivity contribution in [2.45, 2.75) is 62.0 Å². The van der Waals surface area contributed by atoms with Crippen LogP contribution in [-0.4, -0.2) is 63.3 Å². The van der Waals surface area contributed by atoms with E-state index in [-0.39, 0.29) is 28.7 Å². The minimum Gasteiger partial charge on any atom is -0.338 e.